The highest BCUT2D eigenvalue weighted by atomic mass is 79.9. The topological polar surface area (TPSA) is 23.8 Å². The van der Waals surface area contributed by atoms with Gasteiger partial charge >= 0.3 is 0 Å². The number of hydrogen-bond donors (Lipinski definition) is 0. The molecule has 0 radical (unpaired) electrons. The quantitative estimate of drug-likeness (QED) is 0.721. The summed E-state index contributed by atoms with van der Waals surface area (Å²) in [5, 5.41) is 8.46. The van der Waals surface area contributed by atoms with Crippen LogP contribution >= 0.6 is 15.9 Å². The summed E-state index contributed by atoms with van der Waals surface area (Å²) < 4.78 is 11.9. The molecule has 0 aromatic heterocycles. The smallest absolute Gasteiger partial charge is 0.166 e. The van der Waals surface area contributed by atoms with E-state index in [2.05, 4.69) is 15.9 Å². The highest BCUT2D eigenvalue weighted by molar-refractivity contribution is 9.11. The molecule has 0 aliphatic heterocycles. The lowest BCUT2D eigenvalue weighted by Gasteiger charge is -1.91. The second-order valence-corrected chi connectivity index (χ2v) is 2.93. The van der Waals surface area contributed by atoms with Crippen molar-refractivity contribution in [2.45, 2.75) is 0 Å². The van der Waals surface area contributed by atoms with Gasteiger partial charge in [0.05, 0.1) is 11.6 Å². The Hall–Kier alpha value is -1.14. The van der Waals surface area contributed by atoms with E-state index in [1.165, 1.54) is 6.08 Å². The van der Waals surface area contributed by atoms with Gasteiger partial charge < -0.3 is 0 Å². The van der Waals surface area contributed by atoms with E-state index in [-0.39, 0.29) is 0 Å². The molecule has 0 fully saturated rings. The third-order valence-corrected chi connectivity index (χ3v) is 1.54. The first-order chi connectivity index (χ1) is 5.72. The first-order valence-electron chi connectivity index (χ1n) is 3.25. The molecule has 0 aliphatic rings. The molecule has 1 aromatic carbocycles. The van der Waals surface area contributed by atoms with Crippen molar-refractivity contribution in [1.82, 2.24) is 0 Å². The van der Waals surface area contributed by atoms with Crippen molar-refractivity contribution in [3.8, 4) is 6.07 Å². The molecule has 0 amide bonds. The molecule has 1 nitrogen and oxygen atoms in total. The molecule has 0 atom stereocenters. The van der Waals surface area contributed by atoms with E-state index in [4.69, 9.17) is 5.26 Å². The molecule has 60 valence electrons. The van der Waals surface area contributed by atoms with Crippen LogP contribution in [0.15, 0.2) is 29.0 Å². The first-order valence-corrected chi connectivity index (χ1v) is 4.04. The van der Waals surface area contributed by atoms with Crippen LogP contribution in [-0.4, -0.2) is 0 Å². The van der Waals surface area contributed by atoms with Crippen LogP contribution in [0.2, 0.25) is 0 Å². The van der Waals surface area contributed by atoms with Gasteiger partial charge in [0.25, 0.3) is 0 Å². The SMILES string of the molecule is N#Cc1ccc(/C=C(/F)Br)cc1. The van der Waals surface area contributed by atoms with Gasteiger partial charge in [0, 0.05) is 0 Å². The predicted molar refractivity (Wildman–Crippen MR) is 49.2 cm³/mol. The molecule has 0 unspecified atom stereocenters. The lowest BCUT2D eigenvalue weighted by Crippen LogP contribution is -1.74. The Morgan fingerprint density at radius 2 is 2.00 bits per heavy atom. The molecule has 0 saturated heterocycles. The third-order valence-electron chi connectivity index (χ3n) is 1.32. The molecule has 0 bridgehead atoms. The number of rotatable bonds is 1. The van der Waals surface area contributed by atoms with Gasteiger partial charge in [-0.15, -0.1) is 0 Å². The van der Waals surface area contributed by atoms with Crippen molar-refractivity contribution in [3.63, 3.8) is 0 Å². The summed E-state index contributed by atoms with van der Waals surface area (Å²) in [5.74, 6) is 0. The second-order valence-electron chi connectivity index (χ2n) is 2.17. The minimum absolute atomic E-state index is 0.424. The van der Waals surface area contributed by atoms with Crippen LogP contribution in [0.5, 0.6) is 0 Å². The zero-order valence-corrected chi connectivity index (χ0v) is 7.68. The van der Waals surface area contributed by atoms with E-state index < -0.39 is 4.74 Å². The Morgan fingerprint density at radius 3 is 2.42 bits per heavy atom. The van der Waals surface area contributed by atoms with Crippen LogP contribution in [0.3, 0.4) is 0 Å². The van der Waals surface area contributed by atoms with Gasteiger partial charge in [0.2, 0.25) is 0 Å². The maximum Gasteiger partial charge on any atom is 0.166 e. The minimum atomic E-state index is -0.424. The van der Waals surface area contributed by atoms with E-state index in [0.717, 1.165) is 5.56 Å². The van der Waals surface area contributed by atoms with Gasteiger partial charge in [-0.05, 0) is 39.7 Å². The molecule has 0 saturated carbocycles. The summed E-state index contributed by atoms with van der Waals surface area (Å²) in [7, 11) is 0. The molecule has 0 aliphatic carbocycles. The number of nitriles is 1. The number of hydrogen-bond acceptors (Lipinski definition) is 1. The van der Waals surface area contributed by atoms with E-state index in [1.807, 2.05) is 6.07 Å². The maximum atomic E-state index is 12.3. The van der Waals surface area contributed by atoms with Crippen LogP contribution in [0.4, 0.5) is 4.39 Å². The molecule has 0 spiro atoms. The fraction of sp³-hybridized carbons (Fsp3) is 0. The van der Waals surface area contributed by atoms with Gasteiger partial charge in [0.15, 0.2) is 4.74 Å². The van der Waals surface area contributed by atoms with Crippen molar-refractivity contribution in [2.75, 3.05) is 0 Å². The number of halogens is 2. The average Bonchev–Trinajstić information content (AvgIpc) is 2.05. The third kappa shape index (κ3) is 2.48. The van der Waals surface area contributed by atoms with Crippen LogP contribution in [0.25, 0.3) is 6.08 Å². The van der Waals surface area contributed by atoms with Gasteiger partial charge in [0.1, 0.15) is 0 Å². The summed E-state index contributed by atoms with van der Waals surface area (Å²) in [6.07, 6.45) is 1.33. The summed E-state index contributed by atoms with van der Waals surface area (Å²) >= 11 is 2.68. The van der Waals surface area contributed by atoms with E-state index in [0.29, 0.717) is 5.56 Å². The van der Waals surface area contributed by atoms with Crippen molar-refractivity contribution >= 4 is 22.0 Å². The van der Waals surface area contributed by atoms with Crippen molar-refractivity contribution in [3.05, 3.63) is 40.1 Å². The van der Waals surface area contributed by atoms with E-state index in [1.54, 1.807) is 24.3 Å². The summed E-state index contributed by atoms with van der Waals surface area (Å²) in [6, 6.07) is 8.62. The molecule has 12 heavy (non-hydrogen) atoms. The van der Waals surface area contributed by atoms with Crippen molar-refractivity contribution in [2.24, 2.45) is 0 Å². The van der Waals surface area contributed by atoms with Crippen molar-refractivity contribution < 1.29 is 4.39 Å². The zero-order chi connectivity index (χ0) is 8.97. The standard InChI is InChI=1S/C9H5BrFN/c10-9(11)5-7-1-3-8(6-12)4-2-7/h1-5H/b9-5+. The number of benzene rings is 1. The molecule has 0 N–H and O–H groups in total. The van der Waals surface area contributed by atoms with Gasteiger partial charge in [-0.2, -0.15) is 9.65 Å². The van der Waals surface area contributed by atoms with Crippen LogP contribution in [-0.2, 0) is 0 Å². The fourth-order valence-corrected chi connectivity index (χ4v) is 1.04. The normalized spacial score (nSPS) is 10.9. The highest BCUT2D eigenvalue weighted by Gasteiger charge is 1.91. The van der Waals surface area contributed by atoms with E-state index >= 15 is 0 Å². The Balaban J connectivity index is 2.95. The minimum Gasteiger partial charge on any atom is -0.199 e. The Labute approximate surface area is 78.3 Å². The van der Waals surface area contributed by atoms with Crippen LogP contribution < -0.4 is 0 Å². The van der Waals surface area contributed by atoms with Crippen LogP contribution in [0, 0.1) is 11.3 Å². The molecule has 3 heteroatoms. The predicted octanol–water partition coefficient (Wildman–Crippen LogP) is 3.22. The van der Waals surface area contributed by atoms with Gasteiger partial charge in [-0.1, -0.05) is 12.1 Å². The van der Waals surface area contributed by atoms with Gasteiger partial charge in [-0.25, -0.2) is 0 Å². The molecule has 1 rings (SSSR count). The summed E-state index contributed by atoms with van der Waals surface area (Å²) in [5.41, 5.74) is 1.30. The van der Waals surface area contributed by atoms with Gasteiger partial charge in [-0.3, -0.25) is 0 Å². The monoisotopic (exact) mass is 225 g/mol. The van der Waals surface area contributed by atoms with E-state index in [9.17, 15) is 4.39 Å². The highest BCUT2D eigenvalue weighted by Crippen LogP contribution is 2.13. The van der Waals surface area contributed by atoms with Crippen LogP contribution in [0.1, 0.15) is 11.1 Å². The molecular formula is C9H5BrFN. The second kappa shape index (κ2) is 4.03. The fourth-order valence-electron chi connectivity index (χ4n) is 0.780. The average molecular weight is 226 g/mol. The van der Waals surface area contributed by atoms with Crippen molar-refractivity contribution in [1.29, 1.82) is 5.26 Å². The first kappa shape index (κ1) is 8.95. The molecular weight excluding hydrogens is 221 g/mol. The lowest BCUT2D eigenvalue weighted by atomic mass is 10.1. The molecule has 0 heterocycles. The summed E-state index contributed by atoms with van der Waals surface area (Å²) in [4.78, 5) is 0. The Bertz CT molecular complexity index is 331. The zero-order valence-electron chi connectivity index (χ0n) is 6.09. The molecule has 1 aromatic rings. The largest absolute Gasteiger partial charge is 0.199 e. The lowest BCUT2D eigenvalue weighted by molar-refractivity contribution is 0.712. The Morgan fingerprint density at radius 1 is 1.42 bits per heavy atom. The maximum absolute atomic E-state index is 12.3. The Kier molecular flexibility index (Phi) is 3.01. The number of nitrogens with zero attached hydrogens (tertiary/aromatic N) is 1. The summed E-state index contributed by atoms with van der Waals surface area (Å²) in [6.45, 7) is 0.